The molecule has 0 heterocycles. The number of carbonyl (C=O) groups excluding carboxylic acids is 1. The maximum atomic E-state index is 11.5. The van der Waals surface area contributed by atoms with Gasteiger partial charge in [0.05, 0.1) is 5.60 Å². The quantitative estimate of drug-likeness (QED) is 0.606. The molecular formula is C10H22N2O2. The van der Waals surface area contributed by atoms with Crippen LogP contribution >= 0.6 is 0 Å². The molecular weight excluding hydrogens is 180 g/mol. The van der Waals surface area contributed by atoms with Crippen molar-refractivity contribution in [2.75, 3.05) is 27.2 Å². The summed E-state index contributed by atoms with van der Waals surface area (Å²) in [5.41, 5.74) is -0.812. The fourth-order valence-electron chi connectivity index (χ4n) is 1.28. The monoisotopic (exact) mass is 202 g/mol. The minimum absolute atomic E-state index is 0.0855. The number of likely N-dealkylation sites (N-methyl/N-ethyl adjacent to an activating group) is 1. The molecule has 0 aliphatic rings. The van der Waals surface area contributed by atoms with E-state index >= 15 is 0 Å². The van der Waals surface area contributed by atoms with Gasteiger partial charge in [-0.25, -0.2) is 0 Å². The van der Waals surface area contributed by atoms with Crippen LogP contribution in [0.5, 0.6) is 0 Å². The third kappa shape index (κ3) is 6.86. The Bertz CT molecular complexity index is 175. The van der Waals surface area contributed by atoms with E-state index in [9.17, 15) is 9.90 Å². The third-order valence-electron chi connectivity index (χ3n) is 1.87. The number of carbonyl (C=O) groups is 1. The molecule has 1 amide bonds. The van der Waals surface area contributed by atoms with Crippen molar-refractivity contribution in [1.29, 1.82) is 0 Å². The number of rotatable bonds is 6. The Morgan fingerprint density at radius 3 is 2.50 bits per heavy atom. The molecule has 0 aliphatic carbocycles. The van der Waals surface area contributed by atoms with Crippen molar-refractivity contribution >= 4 is 5.91 Å². The highest BCUT2D eigenvalue weighted by atomic mass is 16.3. The van der Waals surface area contributed by atoms with E-state index in [2.05, 4.69) is 5.32 Å². The summed E-state index contributed by atoms with van der Waals surface area (Å²) in [6.45, 7) is 4.63. The van der Waals surface area contributed by atoms with Gasteiger partial charge in [0.25, 0.3) is 0 Å². The Kier molecular flexibility index (Phi) is 5.72. The minimum atomic E-state index is -0.812. The molecule has 2 N–H and O–H groups in total. The summed E-state index contributed by atoms with van der Waals surface area (Å²) in [4.78, 5) is 13.1. The second-order valence-electron chi connectivity index (χ2n) is 4.27. The van der Waals surface area contributed by atoms with E-state index < -0.39 is 5.60 Å². The first-order chi connectivity index (χ1) is 6.37. The molecule has 0 rings (SSSR count). The zero-order valence-electron chi connectivity index (χ0n) is 9.63. The minimum Gasteiger partial charge on any atom is -0.389 e. The number of hydrogen-bond acceptors (Lipinski definition) is 3. The van der Waals surface area contributed by atoms with E-state index in [0.29, 0.717) is 13.0 Å². The molecule has 0 bridgehead atoms. The molecule has 0 spiro atoms. The highest BCUT2D eigenvalue weighted by molar-refractivity contribution is 5.75. The molecule has 0 saturated carbocycles. The molecule has 4 heteroatoms. The van der Waals surface area contributed by atoms with Gasteiger partial charge in [0.2, 0.25) is 5.91 Å². The second-order valence-corrected chi connectivity index (χ2v) is 4.27. The van der Waals surface area contributed by atoms with Crippen LogP contribution in [0.3, 0.4) is 0 Å². The van der Waals surface area contributed by atoms with Gasteiger partial charge < -0.3 is 15.3 Å². The molecule has 4 nitrogen and oxygen atoms in total. The second kappa shape index (κ2) is 5.98. The zero-order valence-corrected chi connectivity index (χ0v) is 9.63. The van der Waals surface area contributed by atoms with Crippen molar-refractivity contribution in [3.8, 4) is 0 Å². The molecule has 0 unspecified atom stereocenters. The summed E-state index contributed by atoms with van der Waals surface area (Å²) in [5.74, 6) is 0.0855. The molecule has 0 fully saturated rings. The van der Waals surface area contributed by atoms with Crippen LogP contribution in [0, 0.1) is 0 Å². The van der Waals surface area contributed by atoms with E-state index in [1.54, 1.807) is 25.8 Å². The van der Waals surface area contributed by atoms with Gasteiger partial charge in [-0.2, -0.15) is 0 Å². The zero-order chi connectivity index (χ0) is 11.2. The molecule has 0 aliphatic heterocycles. The maximum Gasteiger partial charge on any atom is 0.222 e. The van der Waals surface area contributed by atoms with Gasteiger partial charge in [0.1, 0.15) is 0 Å². The Morgan fingerprint density at radius 2 is 2.07 bits per heavy atom. The van der Waals surface area contributed by atoms with Crippen LogP contribution in [0.25, 0.3) is 0 Å². The van der Waals surface area contributed by atoms with Crippen LogP contribution in [0.4, 0.5) is 0 Å². The highest BCUT2D eigenvalue weighted by Gasteiger charge is 2.18. The van der Waals surface area contributed by atoms with Gasteiger partial charge in [-0.05, 0) is 33.9 Å². The van der Waals surface area contributed by atoms with E-state index in [0.717, 1.165) is 13.0 Å². The van der Waals surface area contributed by atoms with Crippen LogP contribution in [0.15, 0.2) is 0 Å². The summed E-state index contributed by atoms with van der Waals surface area (Å²) in [5, 5.41) is 12.5. The summed E-state index contributed by atoms with van der Waals surface area (Å²) in [7, 11) is 3.59. The Morgan fingerprint density at radius 1 is 1.50 bits per heavy atom. The van der Waals surface area contributed by atoms with Crippen LogP contribution in [-0.2, 0) is 4.79 Å². The Labute approximate surface area is 86.3 Å². The van der Waals surface area contributed by atoms with E-state index in [1.807, 2.05) is 7.05 Å². The van der Waals surface area contributed by atoms with Crippen molar-refractivity contribution in [3.05, 3.63) is 0 Å². The number of nitrogens with zero attached hydrogens (tertiary/aromatic N) is 1. The topological polar surface area (TPSA) is 52.6 Å². The summed E-state index contributed by atoms with van der Waals surface area (Å²) >= 11 is 0. The first-order valence-corrected chi connectivity index (χ1v) is 4.98. The van der Waals surface area contributed by atoms with Gasteiger partial charge >= 0.3 is 0 Å². The third-order valence-corrected chi connectivity index (χ3v) is 1.87. The molecule has 0 aromatic heterocycles. The number of aliphatic hydroxyl groups is 1. The van der Waals surface area contributed by atoms with Crippen molar-refractivity contribution < 1.29 is 9.90 Å². The molecule has 0 aromatic carbocycles. The first kappa shape index (κ1) is 13.4. The van der Waals surface area contributed by atoms with Crippen LogP contribution in [-0.4, -0.2) is 48.7 Å². The standard InChI is InChI=1S/C10H22N2O2/c1-10(2,14)8-12(4)9(13)6-5-7-11-3/h11,14H,5-8H2,1-4H3. The van der Waals surface area contributed by atoms with Crippen LogP contribution in [0.2, 0.25) is 0 Å². The normalized spacial score (nSPS) is 11.5. The maximum absolute atomic E-state index is 11.5. The van der Waals surface area contributed by atoms with Crippen LogP contribution < -0.4 is 5.32 Å². The van der Waals surface area contributed by atoms with Crippen molar-refractivity contribution in [1.82, 2.24) is 10.2 Å². The number of nitrogens with one attached hydrogen (secondary N) is 1. The smallest absolute Gasteiger partial charge is 0.222 e. The van der Waals surface area contributed by atoms with Crippen molar-refractivity contribution in [2.45, 2.75) is 32.3 Å². The SMILES string of the molecule is CNCCCC(=O)N(C)CC(C)(C)O. The fourth-order valence-corrected chi connectivity index (χ4v) is 1.28. The predicted octanol–water partition coefficient (Wildman–Crippen LogP) is 0.215. The lowest BCUT2D eigenvalue weighted by molar-refractivity contribution is -0.132. The van der Waals surface area contributed by atoms with Gasteiger partial charge in [0.15, 0.2) is 0 Å². The lowest BCUT2D eigenvalue weighted by atomic mass is 10.1. The molecule has 84 valence electrons. The number of amides is 1. The lowest BCUT2D eigenvalue weighted by Crippen LogP contribution is -2.39. The predicted molar refractivity (Wildman–Crippen MR) is 57.1 cm³/mol. The fraction of sp³-hybridized carbons (Fsp3) is 0.900. The first-order valence-electron chi connectivity index (χ1n) is 4.98. The molecule has 0 aromatic rings. The van der Waals surface area contributed by atoms with Gasteiger partial charge in [-0.1, -0.05) is 0 Å². The van der Waals surface area contributed by atoms with E-state index in [1.165, 1.54) is 0 Å². The summed E-state index contributed by atoms with van der Waals surface area (Å²) < 4.78 is 0. The molecule has 14 heavy (non-hydrogen) atoms. The van der Waals surface area contributed by atoms with Crippen LogP contribution in [0.1, 0.15) is 26.7 Å². The average molecular weight is 202 g/mol. The summed E-state index contributed by atoms with van der Waals surface area (Å²) in [6.07, 6.45) is 1.37. The van der Waals surface area contributed by atoms with Gasteiger partial charge in [-0.15, -0.1) is 0 Å². The molecule has 0 atom stereocenters. The van der Waals surface area contributed by atoms with Crippen molar-refractivity contribution in [3.63, 3.8) is 0 Å². The van der Waals surface area contributed by atoms with E-state index in [4.69, 9.17) is 0 Å². The highest BCUT2D eigenvalue weighted by Crippen LogP contribution is 2.04. The molecule has 0 saturated heterocycles. The van der Waals surface area contributed by atoms with Gasteiger partial charge in [0, 0.05) is 20.0 Å². The number of hydrogen-bond donors (Lipinski definition) is 2. The molecule has 0 radical (unpaired) electrons. The van der Waals surface area contributed by atoms with E-state index in [-0.39, 0.29) is 5.91 Å². The lowest BCUT2D eigenvalue weighted by Gasteiger charge is -2.25. The van der Waals surface area contributed by atoms with Gasteiger partial charge in [-0.3, -0.25) is 4.79 Å². The van der Waals surface area contributed by atoms with Crippen molar-refractivity contribution in [2.24, 2.45) is 0 Å². The Balaban J connectivity index is 3.77. The Hall–Kier alpha value is -0.610. The summed E-state index contributed by atoms with van der Waals surface area (Å²) in [6, 6.07) is 0. The largest absolute Gasteiger partial charge is 0.389 e. The average Bonchev–Trinajstić information content (AvgIpc) is 2.01.